The fourth-order valence-corrected chi connectivity index (χ4v) is 4.61. The van der Waals surface area contributed by atoms with Crippen molar-refractivity contribution in [3.05, 3.63) is 58.7 Å². The molecule has 0 aromatic heterocycles. The molecule has 4 rings (SSSR count). The van der Waals surface area contributed by atoms with Crippen LogP contribution in [0.1, 0.15) is 48.4 Å². The van der Waals surface area contributed by atoms with Gasteiger partial charge in [-0.15, -0.1) is 0 Å². The Hall–Kier alpha value is -3.12. The van der Waals surface area contributed by atoms with Crippen LogP contribution in [-0.4, -0.2) is 28.6 Å². The van der Waals surface area contributed by atoms with Crippen molar-refractivity contribution in [3.63, 3.8) is 0 Å². The summed E-state index contributed by atoms with van der Waals surface area (Å²) in [6.45, 7) is 3.13. The third-order valence-corrected chi connectivity index (χ3v) is 6.37. The van der Waals surface area contributed by atoms with Crippen molar-refractivity contribution >= 4 is 28.9 Å². The van der Waals surface area contributed by atoms with Gasteiger partial charge < -0.3 is 9.64 Å². The maximum Gasteiger partial charge on any atom is 0.417 e. The molecular formula is C24H22F3N3O2S. The molecule has 1 atom stereocenters. The average molecular weight is 474 g/mol. The van der Waals surface area contributed by atoms with Crippen molar-refractivity contribution in [2.24, 2.45) is 0 Å². The van der Waals surface area contributed by atoms with Gasteiger partial charge in [-0.3, -0.25) is 9.69 Å². The maximum absolute atomic E-state index is 13.4. The third-order valence-electron chi connectivity index (χ3n) is 5.95. The van der Waals surface area contributed by atoms with Gasteiger partial charge in [-0.2, -0.15) is 18.4 Å². The van der Waals surface area contributed by atoms with Crippen molar-refractivity contribution in [1.29, 1.82) is 5.26 Å². The molecule has 2 aliphatic heterocycles. The number of alkyl halides is 3. The standard InChI is InChI=1S/C24H22F3N3O2S/c1-2-3-4-9-32-19-8-6-15-11-21-22(31)30(23(33)29(21)14-17(15)10-19)18-7-5-16(13-28)20(12-18)24(25,26)27/h5-8,10,12,21H,2-4,9,11,14H2,1H3. The number of thiocarbonyl (C=S) groups is 1. The summed E-state index contributed by atoms with van der Waals surface area (Å²) in [5.41, 5.74) is 0.393. The van der Waals surface area contributed by atoms with E-state index < -0.39 is 23.3 Å². The number of halogens is 3. The minimum Gasteiger partial charge on any atom is -0.494 e. The predicted octanol–water partition coefficient (Wildman–Crippen LogP) is 5.20. The summed E-state index contributed by atoms with van der Waals surface area (Å²) < 4.78 is 46.1. The van der Waals surface area contributed by atoms with E-state index in [2.05, 4.69) is 6.92 Å². The molecule has 1 saturated heterocycles. The molecule has 1 amide bonds. The number of ether oxygens (including phenoxy) is 1. The molecule has 0 radical (unpaired) electrons. The largest absolute Gasteiger partial charge is 0.494 e. The Bertz CT molecular complexity index is 1140. The van der Waals surface area contributed by atoms with Gasteiger partial charge in [0.2, 0.25) is 0 Å². The number of hydrogen-bond donors (Lipinski definition) is 0. The molecule has 0 spiro atoms. The average Bonchev–Trinajstić information content (AvgIpc) is 3.03. The number of rotatable bonds is 6. The number of unbranched alkanes of at least 4 members (excludes halogenated alkanes) is 2. The van der Waals surface area contributed by atoms with E-state index in [0.29, 0.717) is 19.6 Å². The van der Waals surface area contributed by atoms with Crippen LogP contribution in [0.3, 0.4) is 0 Å². The molecule has 2 aliphatic rings. The highest BCUT2D eigenvalue weighted by molar-refractivity contribution is 7.80. The smallest absolute Gasteiger partial charge is 0.417 e. The molecule has 33 heavy (non-hydrogen) atoms. The van der Waals surface area contributed by atoms with Crippen LogP contribution >= 0.6 is 12.2 Å². The van der Waals surface area contributed by atoms with Crippen LogP contribution in [0.15, 0.2) is 36.4 Å². The van der Waals surface area contributed by atoms with Crippen molar-refractivity contribution < 1.29 is 22.7 Å². The van der Waals surface area contributed by atoms with E-state index in [1.165, 1.54) is 6.07 Å². The van der Waals surface area contributed by atoms with E-state index in [1.54, 1.807) is 11.0 Å². The number of hydrogen-bond acceptors (Lipinski definition) is 4. The molecular weight excluding hydrogens is 451 g/mol. The summed E-state index contributed by atoms with van der Waals surface area (Å²) in [5.74, 6) is 0.377. The molecule has 2 aromatic carbocycles. The van der Waals surface area contributed by atoms with E-state index in [9.17, 15) is 18.0 Å². The molecule has 172 valence electrons. The van der Waals surface area contributed by atoms with Gasteiger partial charge in [-0.1, -0.05) is 25.8 Å². The minimum absolute atomic E-state index is 0.00901. The maximum atomic E-state index is 13.4. The summed E-state index contributed by atoms with van der Waals surface area (Å²) in [4.78, 5) is 16.1. The Kier molecular flexibility index (Phi) is 6.30. The van der Waals surface area contributed by atoms with Crippen molar-refractivity contribution in [3.8, 4) is 11.8 Å². The fourth-order valence-electron chi connectivity index (χ4n) is 4.23. The van der Waals surface area contributed by atoms with Crippen LogP contribution < -0.4 is 9.64 Å². The zero-order valence-corrected chi connectivity index (χ0v) is 18.8. The van der Waals surface area contributed by atoms with Crippen LogP contribution in [0, 0.1) is 11.3 Å². The van der Waals surface area contributed by atoms with Crippen LogP contribution in [0.2, 0.25) is 0 Å². The number of carbonyl (C=O) groups is 1. The number of nitrogens with zero attached hydrogens (tertiary/aromatic N) is 3. The molecule has 0 bridgehead atoms. The molecule has 0 N–H and O–H groups in total. The van der Waals surface area contributed by atoms with Gasteiger partial charge >= 0.3 is 6.18 Å². The summed E-state index contributed by atoms with van der Waals surface area (Å²) >= 11 is 5.51. The van der Waals surface area contributed by atoms with Gasteiger partial charge in [0.15, 0.2) is 5.11 Å². The molecule has 2 heterocycles. The van der Waals surface area contributed by atoms with E-state index in [-0.39, 0.29) is 16.7 Å². The van der Waals surface area contributed by atoms with Crippen molar-refractivity contribution in [1.82, 2.24) is 4.90 Å². The monoisotopic (exact) mass is 473 g/mol. The topological polar surface area (TPSA) is 56.6 Å². The molecule has 2 aromatic rings. The number of nitriles is 1. The first kappa shape index (κ1) is 23.1. The lowest BCUT2D eigenvalue weighted by Crippen LogP contribution is -2.39. The van der Waals surface area contributed by atoms with Gasteiger partial charge in [0.05, 0.1) is 29.5 Å². The van der Waals surface area contributed by atoms with Gasteiger partial charge in [0, 0.05) is 13.0 Å². The summed E-state index contributed by atoms with van der Waals surface area (Å²) in [7, 11) is 0. The van der Waals surface area contributed by atoms with E-state index in [0.717, 1.165) is 53.2 Å². The molecule has 0 aliphatic carbocycles. The summed E-state index contributed by atoms with van der Waals surface area (Å²) in [5, 5.41) is 9.19. The van der Waals surface area contributed by atoms with Crippen LogP contribution in [0.25, 0.3) is 0 Å². The van der Waals surface area contributed by atoms with E-state index >= 15 is 0 Å². The quantitative estimate of drug-likeness (QED) is 0.426. The minimum atomic E-state index is -4.72. The number of amides is 1. The molecule has 5 nitrogen and oxygen atoms in total. The van der Waals surface area contributed by atoms with E-state index in [4.69, 9.17) is 22.2 Å². The Labute approximate surface area is 195 Å². The first-order valence-electron chi connectivity index (χ1n) is 10.7. The molecule has 1 fully saturated rings. The number of anilines is 1. The second-order valence-electron chi connectivity index (χ2n) is 8.13. The SMILES string of the molecule is CCCCCOc1ccc2c(c1)CN1C(=S)N(c3ccc(C#N)c(C(F)(F)F)c3)C(=O)C1C2. The number of benzene rings is 2. The highest BCUT2D eigenvalue weighted by Gasteiger charge is 2.46. The van der Waals surface area contributed by atoms with Gasteiger partial charge in [-0.25, -0.2) is 0 Å². The van der Waals surface area contributed by atoms with Gasteiger partial charge in [0.25, 0.3) is 5.91 Å². The molecule has 0 saturated carbocycles. The Morgan fingerprint density at radius 1 is 1.18 bits per heavy atom. The van der Waals surface area contributed by atoms with Gasteiger partial charge in [0.1, 0.15) is 11.8 Å². The number of carbonyl (C=O) groups excluding carboxylic acids is 1. The molecule has 9 heteroatoms. The Balaban J connectivity index is 1.58. The normalized spacial score (nSPS) is 17.6. The van der Waals surface area contributed by atoms with E-state index in [1.807, 2.05) is 18.2 Å². The summed E-state index contributed by atoms with van der Waals surface area (Å²) in [6, 6.07) is 9.94. The van der Waals surface area contributed by atoms with Crippen LogP contribution in [-0.2, 0) is 23.9 Å². The third kappa shape index (κ3) is 4.40. The Morgan fingerprint density at radius 3 is 2.67 bits per heavy atom. The lowest BCUT2D eigenvalue weighted by molar-refractivity contribution is -0.137. The van der Waals surface area contributed by atoms with Crippen LogP contribution in [0.4, 0.5) is 18.9 Å². The first-order chi connectivity index (χ1) is 15.7. The fraction of sp³-hybridized carbons (Fsp3) is 0.375. The first-order valence-corrected chi connectivity index (χ1v) is 11.2. The zero-order valence-electron chi connectivity index (χ0n) is 18.0. The van der Waals surface area contributed by atoms with Crippen LogP contribution in [0.5, 0.6) is 5.75 Å². The second-order valence-corrected chi connectivity index (χ2v) is 8.49. The van der Waals surface area contributed by atoms with Crippen molar-refractivity contribution in [2.45, 2.75) is 51.4 Å². The second kappa shape index (κ2) is 9.02. The Morgan fingerprint density at radius 2 is 1.97 bits per heavy atom. The zero-order chi connectivity index (χ0) is 23.8. The molecule has 1 unspecified atom stereocenters. The lowest BCUT2D eigenvalue weighted by atomic mass is 9.94. The van der Waals surface area contributed by atoms with Crippen molar-refractivity contribution in [2.75, 3.05) is 11.5 Å². The highest BCUT2D eigenvalue weighted by atomic mass is 32.1. The number of fused-ring (bicyclic) bond motifs is 2. The predicted molar refractivity (Wildman–Crippen MR) is 121 cm³/mol. The summed E-state index contributed by atoms with van der Waals surface area (Å²) in [6.07, 6.45) is -1.14. The highest BCUT2D eigenvalue weighted by Crippen LogP contribution is 2.38. The van der Waals surface area contributed by atoms with Gasteiger partial charge in [-0.05, 0) is 60.1 Å². The lowest BCUT2D eigenvalue weighted by Gasteiger charge is -2.30.